The van der Waals surface area contributed by atoms with Crippen molar-refractivity contribution in [2.24, 2.45) is 0 Å². The third kappa shape index (κ3) is 3.54. The summed E-state index contributed by atoms with van der Waals surface area (Å²) in [6.07, 6.45) is 5.67. The van der Waals surface area contributed by atoms with E-state index in [4.69, 9.17) is 0 Å². The molecule has 3 heterocycles. The Morgan fingerprint density at radius 1 is 1.16 bits per heavy atom. The van der Waals surface area contributed by atoms with Gasteiger partial charge in [-0.25, -0.2) is 17.5 Å². The molecule has 31 heavy (non-hydrogen) atoms. The van der Waals surface area contributed by atoms with E-state index >= 15 is 0 Å². The average Bonchev–Trinajstić information content (AvgIpc) is 3.29. The molecule has 0 N–H and O–H groups in total. The van der Waals surface area contributed by atoms with Crippen LogP contribution >= 0.6 is 0 Å². The number of halogens is 1. The predicted molar refractivity (Wildman–Crippen MR) is 113 cm³/mol. The Labute approximate surface area is 180 Å². The molecule has 2 aromatic carbocycles. The number of nitrogens with zero attached hydrogens (tertiary/aromatic N) is 3. The van der Waals surface area contributed by atoms with Crippen molar-refractivity contribution in [1.29, 1.82) is 0 Å². The van der Waals surface area contributed by atoms with Crippen LogP contribution in [0.4, 0.5) is 4.39 Å². The second-order valence-electron chi connectivity index (χ2n) is 8.28. The number of carbonyl (C=O) groups is 1. The van der Waals surface area contributed by atoms with Gasteiger partial charge in [0, 0.05) is 24.3 Å². The van der Waals surface area contributed by atoms with Crippen molar-refractivity contribution in [2.45, 2.75) is 42.7 Å². The first-order chi connectivity index (χ1) is 14.8. The molecular formula is C23H22FN3O3S. The van der Waals surface area contributed by atoms with E-state index in [-0.39, 0.29) is 35.1 Å². The van der Waals surface area contributed by atoms with Crippen molar-refractivity contribution in [3.8, 4) is 5.69 Å². The number of fused-ring (bicyclic) bond motifs is 4. The fourth-order valence-electron chi connectivity index (χ4n) is 4.83. The highest BCUT2D eigenvalue weighted by Crippen LogP contribution is 2.44. The van der Waals surface area contributed by atoms with Crippen molar-refractivity contribution < 1.29 is 17.6 Å². The quantitative estimate of drug-likeness (QED) is 0.626. The lowest BCUT2D eigenvalue weighted by Gasteiger charge is -2.35. The summed E-state index contributed by atoms with van der Waals surface area (Å²) < 4.78 is 38.8. The number of carbonyl (C=O) groups excluding carboxylic acids is 1. The van der Waals surface area contributed by atoms with Gasteiger partial charge in [-0.3, -0.25) is 4.79 Å². The van der Waals surface area contributed by atoms with Crippen LogP contribution in [0.5, 0.6) is 0 Å². The van der Waals surface area contributed by atoms with E-state index in [0.717, 1.165) is 29.8 Å². The van der Waals surface area contributed by atoms with Gasteiger partial charge in [-0.2, -0.15) is 5.10 Å². The maximum atomic E-state index is 13.5. The van der Waals surface area contributed by atoms with E-state index in [1.54, 1.807) is 36.4 Å². The van der Waals surface area contributed by atoms with Crippen LogP contribution in [0.15, 0.2) is 59.6 Å². The monoisotopic (exact) mass is 439 g/mol. The normalized spacial score (nSPS) is 20.0. The number of hydrogen-bond donors (Lipinski definition) is 0. The minimum absolute atomic E-state index is 0.00834. The molecule has 2 bridgehead atoms. The fourth-order valence-corrected chi connectivity index (χ4v) is 5.46. The molecule has 5 rings (SSSR count). The third-order valence-electron chi connectivity index (χ3n) is 6.23. The number of aromatic nitrogens is 2. The Bertz CT molecular complexity index is 1270. The number of rotatable bonds is 4. The summed E-state index contributed by atoms with van der Waals surface area (Å²) in [6.45, 7) is 0. The highest BCUT2D eigenvalue weighted by molar-refractivity contribution is 7.90. The zero-order chi connectivity index (χ0) is 21.8. The van der Waals surface area contributed by atoms with Gasteiger partial charge in [-0.1, -0.05) is 12.1 Å². The van der Waals surface area contributed by atoms with E-state index in [1.807, 2.05) is 15.8 Å². The first-order valence-electron chi connectivity index (χ1n) is 10.2. The molecule has 0 spiro atoms. The highest BCUT2D eigenvalue weighted by atomic mass is 32.2. The smallest absolute Gasteiger partial charge is 0.227 e. The van der Waals surface area contributed by atoms with E-state index in [0.29, 0.717) is 12.0 Å². The summed E-state index contributed by atoms with van der Waals surface area (Å²) in [4.78, 5) is 15.3. The van der Waals surface area contributed by atoms with Crippen LogP contribution in [0.3, 0.4) is 0 Å². The maximum absolute atomic E-state index is 13.5. The minimum atomic E-state index is -3.26. The van der Waals surface area contributed by atoms with Crippen LogP contribution in [-0.2, 0) is 27.5 Å². The average molecular weight is 440 g/mol. The molecule has 6 nitrogen and oxygen atoms in total. The molecule has 2 atom stereocenters. The number of sulfone groups is 1. The lowest BCUT2D eigenvalue weighted by atomic mass is 9.98. The van der Waals surface area contributed by atoms with Crippen LogP contribution in [0.25, 0.3) is 5.69 Å². The Morgan fingerprint density at radius 2 is 1.94 bits per heavy atom. The SMILES string of the molecule is CS(=O)(=O)c1ccc(-n2ncc3c2CC2CCC3N2C(=O)Cc2cccc(F)c2)cc1. The van der Waals surface area contributed by atoms with Crippen LogP contribution in [0.1, 0.15) is 35.7 Å². The molecule has 3 aromatic rings. The van der Waals surface area contributed by atoms with Crippen molar-refractivity contribution in [2.75, 3.05) is 6.26 Å². The van der Waals surface area contributed by atoms with Gasteiger partial charge >= 0.3 is 0 Å². The molecule has 0 aliphatic carbocycles. The van der Waals surface area contributed by atoms with Crippen LogP contribution in [0, 0.1) is 5.82 Å². The second kappa shape index (κ2) is 7.30. The Balaban J connectivity index is 1.42. The highest BCUT2D eigenvalue weighted by Gasteiger charge is 2.44. The topological polar surface area (TPSA) is 72.3 Å². The first kappa shape index (κ1) is 19.9. The predicted octanol–water partition coefficient (Wildman–Crippen LogP) is 3.25. The lowest BCUT2D eigenvalue weighted by Crippen LogP contribution is -2.42. The van der Waals surface area contributed by atoms with Crippen molar-refractivity contribution in [1.82, 2.24) is 14.7 Å². The molecule has 2 aliphatic heterocycles. The zero-order valence-electron chi connectivity index (χ0n) is 17.0. The Morgan fingerprint density at radius 3 is 2.65 bits per heavy atom. The summed E-state index contributed by atoms with van der Waals surface area (Å²) in [7, 11) is -3.26. The van der Waals surface area contributed by atoms with E-state index in [9.17, 15) is 17.6 Å². The molecule has 2 unspecified atom stereocenters. The number of amides is 1. The maximum Gasteiger partial charge on any atom is 0.227 e. The van der Waals surface area contributed by atoms with E-state index in [2.05, 4.69) is 5.10 Å². The summed E-state index contributed by atoms with van der Waals surface area (Å²) >= 11 is 0. The van der Waals surface area contributed by atoms with Gasteiger partial charge in [0.2, 0.25) is 5.91 Å². The number of hydrogen-bond acceptors (Lipinski definition) is 4. The minimum Gasteiger partial charge on any atom is -0.332 e. The standard InChI is InChI=1S/C23H22FN3O3S/c1-31(29,30)19-8-5-17(6-9-19)27-22-13-18-7-10-21(20(22)14-25-27)26(18)23(28)12-15-3-2-4-16(24)11-15/h2-6,8-9,11,14,18,21H,7,10,12-13H2,1H3. The molecule has 1 saturated heterocycles. The van der Waals surface area contributed by atoms with Crippen molar-refractivity contribution in [3.63, 3.8) is 0 Å². The summed E-state index contributed by atoms with van der Waals surface area (Å²) in [5.74, 6) is -0.327. The lowest BCUT2D eigenvalue weighted by molar-refractivity contribution is -0.134. The van der Waals surface area contributed by atoms with Crippen molar-refractivity contribution in [3.05, 3.63) is 77.4 Å². The molecule has 1 aromatic heterocycles. The van der Waals surface area contributed by atoms with Gasteiger partial charge in [0.05, 0.1) is 34.9 Å². The first-order valence-corrected chi connectivity index (χ1v) is 12.1. The largest absolute Gasteiger partial charge is 0.332 e. The Kier molecular flexibility index (Phi) is 4.69. The van der Waals surface area contributed by atoms with Gasteiger partial charge in [-0.15, -0.1) is 0 Å². The van der Waals surface area contributed by atoms with Gasteiger partial charge < -0.3 is 4.90 Å². The molecule has 8 heteroatoms. The second-order valence-corrected chi connectivity index (χ2v) is 10.3. The zero-order valence-corrected chi connectivity index (χ0v) is 17.8. The molecule has 160 valence electrons. The van der Waals surface area contributed by atoms with Gasteiger partial charge in [0.15, 0.2) is 9.84 Å². The van der Waals surface area contributed by atoms with Gasteiger partial charge in [0.1, 0.15) is 5.82 Å². The third-order valence-corrected chi connectivity index (χ3v) is 7.36. The van der Waals surface area contributed by atoms with Gasteiger partial charge in [0.25, 0.3) is 0 Å². The van der Waals surface area contributed by atoms with Crippen molar-refractivity contribution >= 4 is 15.7 Å². The molecule has 1 amide bonds. The fraction of sp³-hybridized carbons (Fsp3) is 0.304. The van der Waals surface area contributed by atoms with Gasteiger partial charge in [-0.05, 0) is 54.8 Å². The van der Waals surface area contributed by atoms with E-state index < -0.39 is 9.84 Å². The van der Waals surface area contributed by atoms with Crippen LogP contribution in [0.2, 0.25) is 0 Å². The molecule has 0 saturated carbocycles. The van der Waals surface area contributed by atoms with Crippen LogP contribution < -0.4 is 0 Å². The molecule has 2 aliphatic rings. The summed E-state index contributed by atoms with van der Waals surface area (Å²) in [5, 5.41) is 4.55. The molecule has 0 radical (unpaired) electrons. The van der Waals surface area contributed by atoms with E-state index in [1.165, 1.54) is 18.4 Å². The Hall–Kier alpha value is -3.00. The number of benzene rings is 2. The molecule has 1 fully saturated rings. The molecular weight excluding hydrogens is 417 g/mol. The summed E-state index contributed by atoms with van der Waals surface area (Å²) in [5.41, 5.74) is 3.58. The van der Waals surface area contributed by atoms with Crippen LogP contribution in [-0.4, -0.2) is 41.3 Å². The summed E-state index contributed by atoms with van der Waals surface area (Å²) in [6, 6.07) is 12.9.